The van der Waals surface area contributed by atoms with Gasteiger partial charge >= 0.3 is 5.69 Å². The van der Waals surface area contributed by atoms with Crippen molar-refractivity contribution in [2.45, 2.75) is 25.8 Å². The topological polar surface area (TPSA) is 44.3 Å². The molecule has 0 saturated carbocycles. The molecule has 2 fully saturated rings. The van der Waals surface area contributed by atoms with Crippen molar-refractivity contribution in [1.29, 1.82) is 0 Å². The number of fused-ring (bicyclic) bond motifs is 1. The Balaban J connectivity index is 1.01. The average molecular weight is 394 g/mol. The highest BCUT2D eigenvalue weighted by Crippen LogP contribution is 2.41. The minimum atomic E-state index is -0.173. The van der Waals surface area contributed by atoms with Crippen molar-refractivity contribution in [2.75, 3.05) is 37.6 Å². The van der Waals surface area contributed by atoms with Gasteiger partial charge < -0.3 is 14.8 Å². The molecule has 3 aromatic rings. The fourth-order valence-electron chi connectivity index (χ4n) is 4.97. The molecule has 6 heteroatoms. The monoisotopic (exact) mass is 394 g/mol. The number of imidazole rings is 1. The number of halogens is 1. The molecule has 0 unspecified atom stereocenters. The van der Waals surface area contributed by atoms with Crippen LogP contribution in [0.25, 0.3) is 11.0 Å². The number of hydrogen-bond donors (Lipinski definition) is 1. The van der Waals surface area contributed by atoms with Gasteiger partial charge in [-0.05, 0) is 55.8 Å². The molecule has 0 aliphatic carbocycles. The van der Waals surface area contributed by atoms with E-state index in [2.05, 4.69) is 14.8 Å². The van der Waals surface area contributed by atoms with Crippen LogP contribution in [0.1, 0.15) is 19.3 Å². The number of unbranched alkanes of at least 4 members (excludes halogenated alkanes) is 2. The minimum absolute atomic E-state index is 0.00780. The lowest BCUT2D eigenvalue weighted by Gasteiger charge is -2.61. The number of aromatic nitrogens is 2. The summed E-state index contributed by atoms with van der Waals surface area (Å²) in [6.45, 7) is 6.43. The van der Waals surface area contributed by atoms with E-state index in [0.717, 1.165) is 55.7 Å². The fourth-order valence-corrected chi connectivity index (χ4v) is 4.97. The van der Waals surface area contributed by atoms with Gasteiger partial charge in [-0.15, -0.1) is 0 Å². The molecule has 1 N–H and O–H groups in total. The van der Waals surface area contributed by atoms with E-state index < -0.39 is 0 Å². The second-order valence-electron chi connectivity index (χ2n) is 8.70. The highest BCUT2D eigenvalue weighted by Gasteiger charge is 2.51. The third-order valence-electron chi connectivity index (χ3n) is 6.40. The van der Waals surface area contributed by atoms with E-state index in [1.807, 2.05) is 41.0 Å². The maximum absolute atomic E-state index is 13.1. The number of para-hydroxylation sites is 2. The van der Waals surface area contributed by atoms with Crippen LogP contribution in [0.3, 0.4) is 0 Å². The summed E-state index contributed by atoms with van der Waals surface area (Å²) in [5, 5.41) is 0. The maximum atomic E-state index is 13.1. The van der Waals surface area contributed by atoms with Crippen molar-refractivity contribution >= 4 is 16.7 Å². The SMILES string of the molecule is O=c1[nH]c2ccccc2n1CCCCCN1CC2(C1)CN(c1ccc(F)cc1)C2. The molecule has 2 saturated heterocycles. The van der Waals surface area contributed by atoms with E-state index in [0.29, 0.717) is 5.41 Å². The minimum Gasteiger partial charge on any atom is -0.370 e. The number of nitrogens with zero attached hydrogens (tertiary/aromatic N) is 3. The number of likely N-dealkylation sites (tertiary alicyclic amines) is 1. The van der Waals surface area contributed by atoms with Crippen LogP contribution in [-0.2, 0) is 6.54 Å². The Morgan fingerprint density at radius 2 is 1.62 bits per heavy atom. The smallest absolute Gasteiger partial charge is 0.326 e. The summed E-state index contributed by atoms with van der Waals surface area (Å²) in [5.74, 6) is -0.173. The number of anilines is 1. The second-order valence-corrected chi connectivity index (χ2v) is 8.70. The van der Waals surface area contributed by atoms with Crippen molar-refractivity contribution in [3.8, 4) is 0 Å². The van der Waals surface area contributed by atoms with E-state index in [-0.39, 0.29) is 11.5 Å². The molecule has 152 valence electrons. The average Bonchev–Trinajstić information content (AvgIpc) is 2.98. The second kappa shape index (κ2) is 7.34. The summed E-state index contributed by atoms with van der Waals surface area (Å²) in [7, 11) is 0. The third-order valence-corrected chi connectivity index (χ3v) is 6.40. The van der Waals surface area contributed by atoms with E-state index in [1.54, 1.807) is 0 Å². The summed E-state index contributed by atoms with van der Waals surface area (Å²) in [5.41, 5.74) is 3.48. The van der Waals surface area contributed by atoms with Crippen molar-refractivity contribution in [1.82, 2.24) is 14.5 Å². The number of nitrogens with one attached hydrogen (secondary N) is 1. The fraction of sp³-hybridized carbons (Fsp3) is 0.435. The van der Waals surface area contributed by atoms with E-state index in [9.17, 15) is 9.18 Å². The molecule has 5 nitrogen and oxygen atoms in total. The first kappa shape index (κ1) is 18.4. The molecule has 0 radical (unpaired) electrons. The number of hydrogen-bond acceptors (Lipinski definition) is 3. The van der Waals surface area contributed by atoms with Crippen molar-refractivity contribution in [3.05, 3.63) is 64.8 Å². The Labute approximate surface area is 169 Å². The van der Waals surface area contributed by atoms with Gasteiger partial charge in [0.05, 0.1) is 11.0 Å². The Kier molecular flexibility index (Phi) is 4.66. The van der Waals surface area contributed by atoms with Gasteiger partial charge in [-0.25, -0.2) is 9.18 Å². The molecule has 0 bridgehead atoms. The van der Waals surface area contributed by atoms with Gasteiger partial charge in [0.1, 0.15) is 5.82 Å². The molecule has 3 heterocycles. The predicted molar refractivity (Wildman–Crippen MR) is 114 cm³/mol. The molecule has 29 heavy (non-hydrogen) atoms. The first-order valence-electron chi connectivity index (χ1n) is 10.5. The van der Waals surface area contributed by atoms with Gasteiger partial charge in [-0.1, -0.05) is 18.6 Å². The molecule has 0 atom stereocenters. The van der Waals surface area contributed by atoms with Crippen molar-refractivity contribution in [3.63, 3.8) is 0 Å². The highest BCUT2D eigenvalue weighted by molar-refractivity contribution is 5.74. The summed E-state index contributed by atoms with van der Waals surface area (Å²) in [6, 6.07) is 14.7. The number of H-pyrrole nitrogens is 1. The van der Waals surface area contributed by atoms with Crippen LogP contribution in [0.15, 0.2) is 53.3 Å². The van der Waals surface area contributed by atoms with Crippen molar-refractivity contribution < 1.29 is 4.39 Å². The Bertz CT molecular complexity index is 1040. The first-order chi connectivity index (χ1) is 14.1. The molecular weight excluding hydrogens is 367 g/mol. The maximum Gasteiger partial charge on any atom is 0.326 e. The van der Waals surface area contributed by atoms with E-state index in [1.165, 1.54) is 31.6 Å². The molecule has 2 aliphatic heterocycles. The zero-order valence-electron chi connectivity index (χ0n) is 16.6. The van der Waals surface area contributed by atoms with Crippen LogP contribution in [0.4, 0.5) is 10.1 Å². The van der Waals surface area contributed by atoms with E-state index >= 15 is 0 Å². The zero-order valence-corrected chi connectivity index (χ0v) is 16.6. The summed E-state index contributed by atoms with van der Waals surface area (Å²) < 4.78 is 14.9. The van der Waals surface area contributed by atoms with Crippen LogP contribution in [-0.4, -0.2) is 47.2 Å². The third kappa shape index (κ3) is 3.57. The molecule has 2 aromatic carbocycles. The molecule has 2 aliphatic rings. The van der Waals surface area contributed by atoms with Crippen LogP contribution < -0.4 is 10.6 Å². The van der Waals surface area contributed by atoms with Gasteiger partial charge in [-0.2, -0.15) is 0 Å². The Morgan fingerprint density at radius 1 is 0.897 bits per heavy atom. The lowest BCUT2D eigenvalue weighted by atomic mass is 9.72. The molecular formula is C23H27FN4O. The number of aromatic amines is 1. The summed E-state index contributed by atoms with van der Waals surface area (Å²) >= 11 is 0. The lowest BCUT2D eigenvalue weighted by molar-refractivity contribution is -0.0223. The number of benzene rings is 2. The van der Waals surface area contributed by atoms with E-state index in [4.69, 9.17) is 0 Å². The lowest BCUT2D eigenvalue weighted by Crippen LogP contribution is -2.72. The van der Waals surface area contributed by atoms with Gasteiger partial charge in [0.25, 0.3) is 0 Å². The highest BCUT2D eigenvalue weighted by atomic mass is 19.1. The van der Waals surface area contributed by atoms with Crippen LogP contribution in [0.5, 0.6) is 0 Å². The van der Waals surface area contributed by atoms with Crippen LogP contribution in [0.2, 0.25) is 0 Å². The number of aryl methyl sites for hydroxylation is 1. The standard InChI is InChI=1S/C23H27FN4O/c24-18-8-10-19(11-9-18)27-16-23(17-27)14-26(15-23)12-4-1-5-13-28-21-7-3-2-6-20(21)25-22(28)29/h2-3,6-11H,1,4-5,12-17H2,(H,25,29). The Morgan fingerprint density at radius 3 is 2.41 bits per heavy atom. The van der Waals surface area contributed by atoms with Crippen LogP contribution >= 0.6 is 0 Å². The molecule has 1 spiro atoms. The molecule has 0 amide bonds. The zero-order chi connectivity index (χ0) is 19.8. The van der Waals surface area contributed by atoms with Gasteiger partial charge in [0.15, 0.2) is 0 Å². The van der Waals surface area contributed by atoms with Gasteiger partial charge in [0.2, 0.25) is 0 Å². The van der Waals surface area contributed by atoms with Gasteiger partial charge in [0, 0.05) is 43.8 Å². The quantitative estimate of drug-likeness (QED) is 0.624. The summed E-state index contributed by atoms with van der Waals surface area (Å²) in [6.07, 6.45) is 3.34. The van der Waals surface area contributed by atoms with Gasteiger partial charge in [-0.3, -0.25) is 4.57 Å². The number of rotatable bonds is 7. The molecule has 5 rings (SSSR count). The summed E-state index contributed by atoms with van der Waals surface area (Å²) in [4.78, 5) is 19.9. The largest absolute Gasteiger partial charge is 0.370 e. The Hall–Kier alpha value is -2.60. The van der Waals surface area contributed by atoms with Crippen LogP contribution in [0, 0.1) is 11.2 Å². The first-order valence-corrected chi connectivity index (χ1v) is 10.5. The normalized spacial score (nSPS) is 18.2. The van der Waals surface area contributed by atoms with Crippen molar-refractivity contribution in [2.24, 2.45) is 5.41 Å². The molecule has 1 aromatic heterocycles. The predicted octanol–water partition coefficient (Wildman–Crippen LogP) is 3.46.